The third-order valence-electron chi connectivity index (χ3n) is 2.04. The van der Waals surface area contributed by atoms with E-state index in [9.17, 15) is 0 Å². The summed E-state index contributed by atoms with van der Waals surface area (Å²) in [5, 5.41) is 3.18. The number of hydrogen-bond donors (Lipinski definition) is 2. The molecule has 0 radical (unpaired) electrons. The van der Waals surface area contributed by atoms with Gasteiger partial charge >= 0.3 is 0 Å². The number of nitrogen functional groups attached to an aromatic ring is 1. The maximum absolute atomic E-state index is 5.67. The van der Waals surface area contributed by atoms with Crippen molar-refractivity contribution >= 4 is 11.5 Å². The molecule has 1 aromatic heterocycles. The molecule has 4 heteroatoms. The van der Waals surface area contributed by atoms with Gasteiger partial charge in [-0.05, 0) is 18.6 Å². The van der Waals surface area contributed by atoms with Gasteiger partial charge in [-0.2, -0.15) is 0 Å². The van der Waals surface area contributed by atoms with Gasteiger partial charge in [0.1, 0.15) is 5.82 Å². The van der Waals surface area contributed by atoms with E-state index < -0.39 is 0 Å². The molecule has 1 aromatic rings. The van der Waals surface area contributed by atoms with Gasteiger partial charge in [0.2, 0.25) is 0 Å². The van der Waals surface area contributed by atoms with Crippen molar-refractivity contribution in [2.45, 2.75) is 19.8 Å². The van der Waals surface area contributed by atoms with Gasteiger partial charge in [-0.15, -0.1) is 0 Å². The van der Waals surface area contributed by atoms with Crippen LogP contribution in [0.4, 0.5) is 11.5 Å². The molecule has 0 atom stereocenters. The summed E-state index contributed by atoms with van der Waals surface area (Å²) in [6, 6.07) is 3.77. The van der Waals surface area contributed by atoms with Crippen LogP contribution in [0.15, 0.2) is 18.3 Å². The van der Waals surface area contributed by atoms with Crippen molar-refractivity contribution in [3.05, 3.63) is 18.3 Å². The van der Waals surface area contributed by atoms with Crippen LogP contribution in [0, 0.1) is 0 Å². The molecule has 0 aliphatic heterocycles. The standard InChI is InChI=1S/C11H19N3O/c1-2-3-8-15-9-7-13-10-5-4-6-14-11(10)12/h4-6,13H,2-3,7-9H2,1H3,(H2,12,14). The van der Waals surface area contributed by atoms with Crippen molar-refractivity contribution in [1.29, 1.82) is 0 Å². The Hall–Kier alpha value is -1.29. The van der Waals surface area contributed by atoms with Crippen molar-refractivity contribution in [3.8, 4) is 0 Å². The lowest BCUT2D eigenvalue weighted by Crippen LogP contribution is -2.11. The van der Waals surface area contributed by atoms with Gasteiger partial charge in [0.05, 0.1) is 12.3 Å². The Morgan fingerprint density at radius 3 is 3.07 bits per heavy atom. The smallest absolute Gasteiger partial charge is 0.146 e. The van der Waals surface area contributed by atoms with E-state index in [-0.39, 0.29) is 0 Å². The average molecular weight is 209 g/mol. The van der Waals surface area contributed by atoms with Gasteiger partial charge in [0, 0.05) is 19.3 Å². The highest BCUT2D eigenvalue weighted by Crippen LogP contribution is 2.12. The molecule has 84 valence electrons. The zero-order chi connectivity index (χ0) is 10.9. The number of pyridine rings is 1. The fraction of sp³-hybridized carbons (Fsp3) is 0.545. The van der Waals surface area contributed by atoms with Crippen LogP contribution in [0.25, 0.3) is 0 Å². The van der Waals surface area contributed by atoms with Crippen molar-refractivity contribution in [3.63, 3.8) is 0 Å². The van der Waals surface area contributed by atoms with Crippen molar-refractivity contribution in [2.24, 2.45) is 0 Å². The van der Waals surface area contributed by atoms with E-state index in [0.717, 1.165) is 25.3 Å². The van der Waals surface area contributed by atoms with Gasteiger partial charge in [0.25, 0.3) is 0 Å². The summed E-state index contributed by atoms with van der Waals surface area (Å²) in [6.45, 7) is 4.45. The highest BCUT2D eigenvalue weighted by Gasteiger charge is 1.96. The second-order valence-corrected chi connectivity index (χ2v) is 3.33. The number of hydrogen-bond acceptors (Lipinski definition) is 4. The monoisotopic (exact) mass is 209 g/mol. The van der Waals surface area contributed by atoms with E-state index in [0.29, 0.717) is 12.4 Å². The number of rotatable bonds is 7. The second-order valence-electron chi connectivity index (χ2n) is 3.33. The second kappa shape index (κ2) is 7.06. The van der Waals surface area contributed by atoms with Crippen LogP contribution in [-0.4, -0.2) is 24.7 Å². The zero-order valence-electron chi connectivity index (χ0n) is 9.20. The number of nitrogens with one attached hydrogen (secondary N) is 1. The van der Waals surface area contributed by atoms with Crippen LogP contribution >= 0.6 is 0 Å². The van der Waals surface area contributed by atoms with E-state index in [1.54, 1.807) is 6.20 Å². The minimum absolute atomic E-state index is 0.533. The van der Waals surface area contributed by atoms with E-state index in [1.165, 1.54) is 6.42 Å². The fourth-order valence-electron chi connectivity index (χ4n) is 1.17. The molecule has 0 fully saturated rings. The molecule has 1 heterocycles. The minimum Gasteiger partial charge on any atom is -0.382 e. The molecule has 0 aliphatic rings. The molecule has 0 saturated carbocycles. The summed E-state index contributed by atoms with van der Waals surface area (Å²) in [5.41, 5.74) is 6.54. The molecule has 0 saturated heterocycles. The van der Waals surface area contributed by atoms with Crippen LogP contribution in [0.5, 0.6) is 0 Å². The Morgan fingerprint density at radius 2 is 2.33 bits per heavy atom. The van der Waals surface area contributed by atoms with E-state index in [4.69, 9.17) is 10.5 Å². The topological polar surface area (TPSA) is 60.2 Å². The number of ether oxygens (including phenoxy) is 1. The molecule has 3 N–H and O–H groups in total. The summed E-state index contributed by atoms with van der Waals surface area (Å²) >= 11 is 0. The lowest BCUT2D eigenvalue weighted by atomic mass is 10.4. The van der Waals surface area contributed by atoms with Crippen molar-refractivity contribution < 1.29 is 4.74 Å². The molecule has 0 aromatic carbocycles. The van der Waals surface area contributed by atoms with Crippen LogP contribution in [0.1, 0.15) is 19.8 Å². The van der Waals surface area contributed by atoms with E-state index in [2.05, 4.69) is 17.2 Å². The maximum atomic E-state index is 5.67. The molecule has 1 rings (SSSR count). The van der Waals surface area contributed by atoms with E-state index >= 15 is 0 Å². The molecule has 4 nitrogen and oxygen atoms in total. The minimum atomic E-state index is 0.533. The zero-order valence-corrected chi connectivity index (χ0v) is 9.20. The normalized spacial score (nSPS) is 10.2. The van der Waals surface area contributed by atoms with Crippen molar-refractivity contribution in [1.82, 2.24) is 4.98 Å². The SMILES string of the molecule is CCCCOCCNc1cccnc1N. The van der Waals surface area contributed by atoms with Crippen LogP contribution < -0.4 is 11.1 Å². The summed E-state index contributed by atoms with van der Waals surface area (Å²) in [4.78, 5) is 3.98. The van der Waals surface area contributed by atoms with Crippen LogP contribution in [0.2, 0.25) is 0 Å². The number of nitrogens with two attached hydrogens (primary N) is 1. The summed E-state index contributed by atoms with van der Waals surface area (Å²) in [6.07, 6.45) is 3.97. The molecule has 0 bridgehead atoms. The lowest BCUT2D eigenvalue weighted by Gasteiger charge is -2.08. The third-order valence-corrected chi connectivity index (χ3v) is 2.04. The lowest BCUT2D eigenvalue weighted by molar-refractivity contribution is 0.141. The Balaban J connectivity index is 2.12. The Morgan fingerprint density at radius 1 is 1.47 bits per heavy atom. The van der Waals surface area contributed by atoms with Gasteiger partial charge in [-0.3, -0.25) is 0 Å². The third kappa shape index (κ3) is 4.65. The van der Waals surface area contributed by atoms with Gasteiger partial charge in [-0.25, -0.2) is 4.98 Å². The number of nitrogens with zero attached hydrogens (tertiary/aromatic N) is 1. The predicted molar refractivity (Wildman–Crippen MR) is 62.9 cm³/mol. The molecule has 15 heavy (non-hydrogen) atoms. The van der Waals surface area contributed by atoms with Crippen LogP contribution in [-0.2, 0) is 4.74 Å². The molecule has 0 spiro atoms. The number of anilines is 2. The molecule has 0 unspecified atom stereocenters. The first-order chi connectivity index (χ1) is 7.34. The van der Waals surface area contributed by atoms with Crippen molar-refractivity contribution in [2.75, 3.05) is 30.8 Å². The molecule has 0 amide bonds. The first-order valence-corrected chi connectivity index (χ1v) is 5.36. The highest BCUT2D eigenvalue weighted by molar-refractivity contribution is 5.60. The van der Waals surface area contributed by atoms with E-state index in [1.807, 2.05) is 12.1 Å². The first kappa shape index (κ1) is 11.8. The van der Waals surface area contributed by atoms with Crippen LogP contribution in [0.3, 0.4) is 0 Å². The highest BCUT2D eigenvalue weighted by atomic mass is 16.5. The number of aromatic nitrogens is 1. The first-order valence-electron chi connectivity index (χ1n) is 5.36. The average Bonchev–Trinajstić information content (AvgIpc) is 2.25. The molecule has 0 aliphatic carbocycles. The Kier molecular flexibility index (Phi) is 5.55. The Labute approximate surface area is 90.8 Å². The van der Waals surface area contributed by atoms with Gasteiger partial charge in [0.15, 0.2) is 0 Å². The fourth-order valence-corrected chi connectivity index (χ4v) is 1.17. The predicted octanol–water partition coefficient (Wildman–Crippen LogP) is 1.89. The summed E-state index contributed by atoms with van der Waals surface area (Å²) in [5.74, 6) is 0.533. The Bertz CT molecular complexity index is 278. The number of unbranched alkanes of at least 4 members (excludes halogenated alkanes) is 1. The summed E-state index contributed by atoms with van der Waals surface area (Å²) < 4.78 is 5.41. The largest absolute Gasteiger partial charge is 0.382 e. The van der Waals surface area contributed by atoms with Gasteiger partial charge < -0.3 is 15.8 Å². The molecular formula is C11H19N3O. The summed E-state index contributed by atoms with van der Waals surface area (Å²) in [7, 11) is 0. The molecular weight excluding hydrogens is 190 g/mol. The quantitative estimate of drug-likeness (QED) is 0.673. The maximum Gasteiger partial charge on any atom is 0.146 e. The van der Waals surface area contributed by atoms with Gasteiger partial charge in [-0.1, -0.05) is 13.3 Å².